The Morgan fingerprint density at radius 1 is 1.22 bits per heavy atom. The van der Waals surface area contributed by atoms with E-state index in [9.17, 15) is 0 Å². The van der Waals surface area contributed by atoms with Crippen LogP contribution < -0.4 is 0 Å². The Hall–Kier alpha value is -0.650. The van der Waals surface area contributed by atoms with E-state index in [1.807, 2.05) is 0 Å². The highest BCUT2D eigenvalue weighted by molar-refractivity contribution is 5.40. The second-order valence-corrected chi connectivity index (χ2v) is 2.62. The van der Waals surface area contributed by atoms with Gasteiger partial charge in [-0.05, 0) is 0 Å². The molecule has 0 fully saturated rings. The van der Waals surface area contributed by atoms with Gasteiger partial charge < -0.3 is 28.3 Å². The van der Waals surface area contributed by atoms with Crippen LogP contribution >= 0.6 is 0 Å². The smallest absolute Gasteiger partial charge is 0.0850 e. The molecule has 1 aromatic rings. The quantitative estimate of drug-likeness (QED) is 0.461. The molecular weight excluding hydrogens is 108 g/mol. The third kappa shape index (κ3) is 0.893. The van der Waals surface area contributed by atoms with E-state index in [1.165, 1.54) is 22.3 Å². The van der Waals surface area contributed by atoms with Crippen molar-refractivity contribution in [2.45, 2.75) is 27.7 Å². The zero-order valence-corrected chi connectivity index (χ0v) is 6.50. The molecule has 0 atom stereocenters. The van der Waals surface area contributed by atoms with Crippen molar-refractivity contribution in [1.82, 2.24) is 0 Å². The van der Waals surface area contributed by atoms with Gasteiger partial charge in [0.15, 0.2) is 0 Å². The van der Waals surface area contributed by atoms with Crippen molar-refractivity contribution < 1.29 is 0 Å². The van der Waals surface area contributed by atoms with Crippen LogP contribution in [0.4, 0.5) is 0 Å². The number of aryl methyl sites for hydroxylation is 2. The molecule has 0 aromatic heterocycles. The molecule has 0 N–H and O–H groups in total. The van der Waals surface area contributed by atoms with Crippen molar-refractivity contribution in [3.8, 4) is 0 Å². The van der Waals surface area contributed by atoms with Crippen molar-refractivity contribution in [3.05, 3.63) is 28.3 Å². The van der Waals surface area contributed by atoms with E-state index in [4.69, 9.17) is 0 Å². The van der Waals surface area contributed by atoms with E-state index in [-0.39, 0.29) is 0 Å². The molecule has 0 amide bonds. The first-order valence-electron chi connectivity index (χ1n) is 3.25. The normalized spacial score (nSPS) is 10.2. The minimum atomic E-state index is 1.30. The number of hydrogen-bond acceptors (Lipinski definition) is 0. The molecule has 0 heteroatoms. The summed E-state index contributed by atoms with van der Waals surface area (Å²) in [5.74, 6) is 0. The Balaban J connectivity index is 3.29. The highest BCUT2D eigenvalue weighted by atomic mass is 14.1. The average Bonchev–Trinajstić information content (AvgIpc) is 1.98. The van der Waals surface area contributed by atoms with E-state index in [0.717, 1.165) is 0 Å². The van der Waals surface area contributed by atoms with Gasteiger partial charge in [0.25, 0.3) is 0 Å². The first-order valence-corrected chi connectivity index (χ1v) is 3.25. The van der Waals surface area contributed by atoms with Crippen LogP contribution in [-0.4, -0.2) is 0 Å². The topological polar surface area (TPSA) is 0 Å². The molecule has 1 aromatic carbocycles. The molecule has 0 aliphatic heterocycles. The summed E-state index contributed by atoms with van der Waals surface area (Å²) in [6.07, 6.45) is 0. The third-order valence-corrected chi connectivity index (χ3v) is 2.06. The maximum Gasteiger partial charge on any atom is -0.0850 e. The van der Waals surface area contributed by atoms with Crippen molar-refractivity contribution >= 4 is 0 Å². The van der Waals surface area contributed by atoms with E-state index >= 15 is 0 Å². The molecule has 9 heavy (non-hydrogen) atoms. The van der Waals surface area contributed by atoms with Crippen molar-refractivity contribution in [2.75, 3.05) is 0 Å². The summed E-state index contributed by atoms with van der Waals surface area (Å²) in [6, 6.07) is 3.28. The number of hydrogen-bond donors (Lipinski definition) is 0. The molecule has 1 rings (SSSR count). The van der Waals surface area contributed by atoms with Gasteiger partial charge in [0.1, 0.15) is 0 Å². The molecule has 0 saturated carbocycles. The van der Waals surface area contributed by atoms with Gasteiger partial charge in [-0.25, -0.2) is 0 Å². The van der Waals surface area contributed by atoms with Crippen LogP contribution in [0.1, 0.15) is 22.3 Å². The molecule has 0 unspecified atom stereocenters. The first-order chi connectivity index (χ1) is 4.13. The average molecular weight is 120 g/mol. The Bertz CT molecular complexity index is 194. The maximum absolute atomic E-state index is 3.28. The van der Waals surface area contributed by atoms with Crippen LogP contribution in [0.3, 0.4) is 0 Å². The zero-order valence-electron chi connectivity index (χ0n) is 6.50. The molecule has 0 bridgehead atoms. The van der Waals surface area contributed by atoms with Gasteiger partial charge in [-0.1, -0.05) is 13.8 Å². The standard InChI is InChI=1S/C9H12/c1-6-5-7(2)9(4)8(6)3/h1-4H3/q-2. The molecule has 50 valence electrons. The lowest BCUT2D eigenvalue weighted by atomic mass is 10.2. The largest absolute Gasteiger partial charge is 0.359 e. The van der Waals surface area contributed by atoms with Gasteiger partial charge in [0.05, 0.1) is 0 Å². The maximum atomic E-state index is 3.28. The lowest BCUT2D eigenvalue weighted by molar-refractivity contribution is 1.32. The molecule has 0 aliphatic rings. The zero-order chi connectivity index (χ0) is 7.02. The minimum absolute atomic E-state index is 1.30. The van der Waals surface area contributed by atoms with Crippen LogP contribution in [0.15, 0.2) is 0 Å². The van der Waals surface area contributed by atoms with Crippen molar-refractivity contribution in [2.24, 2.45) is 0 Å². The summed E-state index contributed by atoms with van der Waals surface area (Å²) in [5.41, 5.74) is 5.38. The fourth-order valence-corrected chi connectivity index (χ4v) is 1.03. The summed E-state index contributed by atoms with van der Waals surface area (Å²) in [7, 11) is 0. The Morgan fingerprint density at radius 2 is 1.78 bits per heavy atom. The second-order valence-electron chi connectivity index (χ2n) is 2.62. The van der Waals surface area contributed by atoms with E-state index in [0.29, 0.717) is 0 Å². The van der Waals surface area contributed by atoms with Gasteiger partial charge in [-0.3, -0.25) is 0 Å². The van der Waals surface area contributed by atoms with Crippen molar-refractivity contribution in [1.29, 1.82) is 0 Å². The van der Waals surface area contributed by atoms with Gasteiger partial charge >= 0.3 is 0 Å². The van der Waals surface area contributed by atoms with E-state index in [1.54, 1.807) is 0 Å². The molecule has 0 saturated heterocycles. The second kappa shape index (κ2) is 1.94. The summed E-state index contributed by atoms with van der Waals surface area (Å²) < 4.78 is 0. The number of rotatable bonds is 0. The predicted octanol–water partition coefficient (Wildman–Crippen LogP) is 2.44. The Labute approximate surface area is 56.9 Å². The minimum Gasteiger partial charge on any atom is -0.359 e. The molecule has 0 spiro atoms. The Kier molecular flexibility index (Phi) is 1.40. The third-order valence-electron chi connectivity index (χ3n) is 2.06. The van der Waals surface area contributed by atoms with Crippen LogP contribution in [0.25, 0.3) is 0 Å². The predicted molar refractivity (Wildman–Crippen MR) is 39.8 cm³/mol. The molecule has 0 radical (unpaired) electrons. The molecule has 0 nitrogen and oxygen atoms in total. The monoisotopic (exact) mass is 120 g/mol. The van der Waals surface area contributed by atoms with E-state index in [2.05, 4.69) is 33.8 Å². The fraction of sp³-hybridized carbons (Fsp3) is 0.444. The highest BCUT2D eigenvalue weighted by Gasteiger charge is 1.75. The van der Waals surface area contributed by atoms with Gasteiger partial charge in [-0.2, -0.15) is 0 Å². The summed E-state index contributed by atoms with van der Waals surface area (Å²) in [4.78, 5) is 0. The van der Waals surface area contributed by atoms with Crippen LogP contribution in [-0.2, 0) is 0 Å². The first kappa shape index (κ1) is 6.47. The lowest BCUT2D eigenvalue weighted by Gasteiger charge is -2.16. The van der Waals surface area contributed by atoms with Crippen LogP contribution in [0, 0.1) is 33.8 Å². The van der Waals surface area contributed by atoms with Crippen LogP contribution in [0.5, 0.6) is 0 Å². The highest BCUT2D eigenvalue weighted by Crippen LogP contribution is 2.17. The van der Waals surface area contributed by atoms with Gasteiger partial charge in [0, 0.05) is 0 Å². The molecule has 0 heterocycles. The SMILES string of the molecule is Cc1[c-]c(C)[c-](C)c1C. The summed E-state index contributed by atoms with van der Waals surface area (Å²) in [5, 5.41) is 0. The molecular formula is C9H12-2. The van der Waals surface area contributed by atoms with Gasteiger partial charge in [0.2, 0.25) is 0 Å². The van der Waals surface area contributed by atoms with Crippen molar-refractivity contribution in [3.63, 3.8) is 0 Å². The van der Waals surface area contributed by atoms with Gasteiger partial charge in [-0.15, -0.1) is 13.8 Å². The van der Waals surface area contributed by atoms with E-state index < -0.39 is 0 Å². The Morgan fingerprint density at radius 3 is 1.89 bits per heavy atom. The summed E-state index contributed by atoms with van der Waals surface area (Å²) >= 11 is 0. The lowest BCUT2D eigenvalue weighted by Crippen LogP contribution is -1.73. The molecule has 0 aliphatic carbocycles. The van der Waals surface area contributed by atoms with Crippen LogP contribution in [0.2, 0.25) is 0 Å². The fourth-order valence-electron chi connectivity index (χ4n) is 1.03. The summed E-state index contributed by atoms with van der Waals surface area (Å²) in [6.45, 7) is 8.51.